The maximum absolute atomic E-state index is 10.9. The van der Waals surface area contributed by atoms with E-state index in [2.05, 4.69) is 6.92 Å². The molecule has 0 saturated carbocycles. The Bertz CT molecular complexity index is 247. The van der Waals surface area contributed by atoms with Crippen LogP contribution in [0.4, 0.5) is 9.59 Å². The van der Waals surface area contributed by atoms with Gasteiger partial charge < -0.3 is 4.74 Å². The topological polar surface area (TPSA) is 55.4 Å². The Balaban J connectivity index is 3.10. The summed E-state index contributed by atoms with van der Waals surface area (Å²) in [4.78, 5) is 21.2. The van der Waals surface area contributed by atoms with Crippen LogP contribution in [0.25, 0.3) is 0 Å². The van der Waals surface area contributed by atoms with Crippen molar-refractivity contribution in [3.63, 3.8) is 0 Å². The summed E-state index contributed by atoms with van der Waals surface area (Å²) in [5.41, 5.74) is 0. The number of hydrogen-bond donors (Lipinski definition) is 1. The van der Waals surface area contributed by atoms with E-state index in [1.807, 2.05) is 5.32 Å². The van der Waals surface area contributed by atoms with E-state index in [4.69, 9.17) is 16.3 Å². The van der Waals surface area contributed by atoms with Gasteiger partial charge >= 0.3 is 11.5 Å². The Morgan fingerprint density at radius 1 is 0.895 bits per heavy atom. The third-order valence-corrected chi connectivity index (χ3v) is 3.03. The maximum Gasteiger partial charge on any atom is 0.414 e. The molecule has 0 rings (SSSR count). The fourth-order valence-electron chi connectivity index (χ4n) is 1.87. The van der Waals surface area contributed by atoms with Crippen LogP contribution in [-0.4, -0.2) is 18.1 Å². The van der Waals surface area contributed by atoms with E-state index >= 15 is 0 Å². The second-order valence-electron chi connectivity index (χ2n) is 4.72. The molecule has 2 amide bonds. The Morgan fingerprint density at radius 3 is 1.84 bits per heavy atom. The van der Waals surface area contributed by atoms with E-state index in [1.165, 1.54) is 51.4 Å². The summed E-state index contributed by atoms with van der Waals surface area (Å²) in [5.74, 6) is 0. The van der Waals surface area contributed by atoms with E-state index in [0.717, 1.165) is 12.8 Å². The van der Waals surface area contributed by atoms with Gasteiger partial charge in [0.1, 0.15) is 0 Å². The van der Waals surface area contributed by atoms with Gasteiger partial charge in [0.25, 0.3) is 0 Å². The number of imide groups is 1. The van der Waals surface area contributed by atoms with Crippen molar-refractivity contribution in [1.29, 1.82) is 0 Å². The first kappa shape index (κ1) is 18.2. The summed E-state index contributed by atoms with van der Waals surface area (Å²) in [6, 6.07) is 0. The summed E-state index contributed by atoms with van der Waals surface area (Å²) < 4.78 is 4.77. The number of ether oxygens (including phenoxy) is 1. The zero-order valence-electron chi connectivity index (χ0n) is 11.9. The van der Waals surface area contributed by atoms with Gasteiger partial charge in [-0.25, -0.2) is 10.1 Å². The highest BCUT2D eigenvalue weighted by Gasteiger charge is 2.04. The minimum atomic E-state index is -0.909. The predicted octanol–water partition coefficient (Wildman–Crippen LogP) is 4.99. The summed E-state index contributed by atoms with van der Waals surface area (Å²) in [7, 11) is 0. The molecule has 0 aromatic carbocycles. The number of unbranched alkanes of at least 4 members (excludes halogenated alkanes) is 9. The lowest BCUT2D eigenvalue weighted by Gasteiger charge is -2.04. The molecule has 0 saturated heterocycles. The second kappa shape index (κ2) is 13.7. The molecule has 0 aliphatic carbocycles. The van der Waals surface area contributed by atoms with E-state index in [9.17, 15) is 9.59 Å². The Kier molecular flexibility index (Phi) is 13.1. The van der Waals surface area contributed by atoms with Gasteiger partial charge in [-0.1, -0.05) is 64.7 Å². The van der Waals surface area contributed by atoms with E-state index < -0.39 is 11.5 Å². The number of halogens is 1. The van der Waals surface area contributed by atoms with Gasteiger partial charge in [0.2, 0.25) is 0 Å². The lowest BCUT2D eigenvalue weighted by molar-refractivity contribution is 0.146. The average Bonchev–Trinajstić information content (AvgIpc) is 2.35. The van der Waals surface area contributed by atoms with Gasteiger partial charge in [-0.05, 0) is 18.0 Å². The van der Waals surface area contributed by atoms with Crippen molar-refractivity contribution in [2.24, 2.45) is 0 Å². The maximum atomic E-state index is 10.9. The van der Waals surface area contributed by atoms with E-state index in [-0.39, 0.29) is 0 Å². The number of nitrogens with one attached hydrogen (secondary N) is 1. The van der Waals surface area contributed by atoms with Crippen molar-refractivity contribution in [1.82, 2.24) is 5.32 Å². The van der Waals surface area contributed by atoms with Gasteiger partial charge in [0, 0.05) is 0 Å². The minimum absolute atomic E-state index is 0.340. The van der Waals surface area contributed by atoms with E-state index in [1.54, 1.807) is 0 Å². The molecule has 0 fully saturated rings. The number of carbonyl (C=O) groups excluding carboxylic acids is 2. The molecule has 0 radical (unpaired) electrons. The normalized spacial score (nSPS) is 10.2. The van der Waals surface area contributed by atoms with Gasteiger partial charge in [-0.15, -0.1) is 0 Å². The van der Waals surface area contributed by atoms with Gasteiger partial charge in [0.05, 0.1) is 6.61 Å². The summed E-state index contributed by atoms with van der Waals surface area (Å²) in [6.07, 6.45) is 11.5. The molecule has 0 spiro atoms. The van der Waals surface area contributed by atoms with Crippen LogP contribution >= 0.6 is 11.6 Å². The van der Waals surface area contributed by atoms with Crippen LogP contribution in [0.3, 0.4) is 0 Å². The molecule has 0 aromatic heterocycles. The first-order chi connectivity index (χ1) is 9.16. The molecule has 0 aliphatic rings. The van der Waals surface area contributed by atoms with Crippen molar-refractivity contribution < 1.29 is 14.3 Å². The monoisotopic (exact) mass is 291 g/mol. The van der Waals surface area contributed by atoms with Crippen molar-refractivity contribution in [3.05, 3.63) is 0 Å². The first-order valence-electron chi connectivity index (χ1n) is 7.30. The fraction of sp³-hybridized carbons (Fsp3) is 0.857. The molecule has 0 aromatic rings. The number of rotatable bonds is 11. The first-order valence-corrected chi connectivity index (χ1v) is 7.68. The molecule has 0 atom stereocenters. The highest BCUT2D eigenvalue weighted by Crippen LogP contribution is 2.10. The van der Waals surface area contributed by atoms with Crippen molar-refractivity contribution >= 4 is 23.1 Å². The van der Waals surface area contributed by atoms with E-state index in [0.29, 0.717) is 6.61 Å². The number of alkyl carbamates (subject to hydrolysis) is 1. The van der Waals surface area contributed by atoms with Crippen LogP contribution in [0.1, 0.15) is 71.1 Å². The lowest BCUT2D eigenvalue weighted by Crippen LogP contribution is -2.26. The van der Waals surface area contributed by atoms with Gasteiger partial charge in [-0.3, -0.25) is 4.79 Å². The average molecular weight is 292 g/mol. The van der Waals surface area contributed by atoms with Crippen LogP contribution in [0.5, 0.6) is 0 Å². The molecular formula is C14H26ClNO3. The highest BCUT2D eigenvalue weighted by molar-refractivity contribution is 6.64. The van der Waals surface area contributed by atoms with Crippen molar-refractivity contribution in [2.45, 2.75) is 71.1 Å². The van der Waals surface area contributed by atoms with Gasteiger partial charge in [0.15, 0.2) is 0 Å². The Labute approximate surface area is 121 Å². The summed E-state index contributed by atoms with van der Waals surface area (Å²) in [6.45, 7) is 2.57. The Hall–Kier alpha value is -0.770. The van der Waals surface area contributed by atoms with Crippen LogP contribution in [-0.2, 0) is 4.74 Å². The zero-order chi connectivity index (χ0) is 14.3. The standard InChI is InChI=1S/C14H26ClNO3/c1-2-3-4-5-6-7-8-9-10-11-12-19-14(18)16-13(15)17/h2-12H2,1H3,(H,16,17,18). The Morgan fingerprint density at radius 2 is 1.37 bits per heavy atom. The van der Waals surface area contributed by atoms with Crippen molar-refractivity contribution in [3.8, 4) is 0 Å². The molecule has 19 heavy (non-hydrogen) atoms. The molecule has 0 heterocycles. The summed E-state index contributed by atoms with van der Waals surface area (Å²) in [5, 5.41) is 0.934. The number of carbonyl (C=O) groups is 2. The molecule has 112 valence electrons. The SMILES string of the molecule is CCCCCCCCCCCCOC(=O)NC(=O)Cl. The highest BCUT2D eigenvalue weighted by atomic mass is 35.5. The molecule has 4 nitrogen and oxygen atoms in total. The van der Waals surface area contributed by atoms with Crippen LogP contribution in [0.15, 0.2) is 0 Å². The number of hydrogen-bond acceptors (Lipinski definition) is 3. The largest absolute Gasteiger partial charge is 0.449 e. The third-order valence-electron chi connectivity index (χ3n) is 2.93. The lowest BCUT2D eigenvalue weighted by atomic mass is 10.1. The molecule has 0 aliphatic heterocycles. The van der Waals surface area contributed by atoms with Crippen LogP contribution < -0.4 is 5.32 Å². The quantitative estimate of drug-likeness (QED) is 0.331. The van der Waals surface area contributed by atoms with Crippen LogP contribution in [0, 0.1) is 0 Å². The van der Waals surface area contributed by atoms with Gasteiger partial charge in [-0.2, -0.15) is 0 Å². The summed E-state index contributed by atoms with van der Waals surface area (Å²) >= 11 is 4.96. The molecular weight excluding hydrogens is 266 g/mol. The second-order valence-corrected chi connectivity index (χ2v) is 5.06. The third kappa shape index (κ3) is 15.2. The predicted molar refractivity (Wildman–Crippen MR) is 77.6 cm³/mol. The number of amides is 2. The smallest absolute Gasteiger partial charge is 0.414 e. The van der Waals surface area contributed by atoms with Crippen LogP contribution in [0.2, 0.25) is 0 Å². The molecule has 0 unspecified atom stereocenters. The van der Waals surface area contributed by atoms with Crippen molar-refractivity contribution in [2.75, 3.05) is 6.61 Å². The molecule has 0 bridgehead atoms. The minimum Gasteiger partial charge on any atom is -0.449 e. The fourth-order valence-corrected chi connectivity index (χ4v) is 1.95. The molecule has 1 N–H and O–H groups in total. The molecule has 5 heteroatoms. The zero-order valence-corrected chi connectivity index (χ0v) is 12.6.